The highest BCUT2D eigenvalue weighted by Gasteiger charge is 2.32. The molecule has 2 N–H and O–H groups in total. The minimum atomic E-state index is -0.0154. The van der Waals surface area contributed by atoms with Crippen molar-refractivity contribution < 1.29 is 9.59 Å². The molecular formula is C18H23ClN2O2. The third kappa shape index (κ3) is 4.25. The third-order valence-corrected chi connectivity index (χ3v) is 5.09. The number of amides is 2. The highest BCUT2D eigenvalue weighted by molar-refractivity contribution is 6.31. The maximum absolute atomic E-state index is 12.4. The van der Waals surface area contributed by atoms with E-state index in [1.807, 2.05) is 19.1 Å². The summed E-state index contributed by atoms with van der Waals surface area (Å²) in [7, 11) is 0. The lowest BCUT2D eigenvalue weighted by molar-refractivity contribution is -0.128. The Hall–Kier alpha value is -1.55. The summed E-state index contributed by atoms with van der Waals surface area (Å²) < 4.78 is 0. The molecule has 0 heterocycles. The smallest absolute Gasteiger partial charge is 0.227 e. The van der Waals surface area contributed by atoms with Crippen LogP contribution < -0.4 is 10.6 Å². The Morgan fingerprint density at radius 1 is 1.00 bits per heavy atom. The van der Waals surface area contributed by atoms with Crippen LogP contribution in [0.25, 0.3) is 0 Å². The highest BCUT2D eigenvalue weighted by Crippen LogP contribution is 2.31. The molecule has 0 atom stereocenters. The van der Waals surface area contributed by atoms with Gasteiger partial charge in [-0.25, -0.2) is 0 Å². The second-order valence-corrected chi connectivity index (χ2v) is 7.22. The van der Waals surface area contributed by atoms with Crippen molar-refractivity contribution in [2.45, 2.75) is 51.5 Å². The molecule has 5 heteroatoms. The first-order valence-electron chi connectivity index (χ1n) is 8.40. The lowest BCUT2D eigenvalue weighted by Gasteiger charge is -2.27. The van der Waals surface area contributed by atoms with Gasteiger partial charge in [-0.05, 0) is 63.1 Å². The Bertz CT molecular complexity index is 605. The van der Waals surface area contributed by atoms with Gasteiger partial charge in [-0.1, -0.05) is 17.7 Å². The molecule has 1 aromatic carbocycles. The summed E-state index contributed by atoms with van der Waals surface area (Å²) in [6.45, 7) is 1.95. The fourth-order valence-corrected chi connectivity index (χ4v) is 3.30. The molecule has 0 spiro atoms. The molecule has 1 aromatic rings. The standard InChI is InChI=1S/C18H23ClN2O2/c1-11-2-7-14(19)10-16(11)21-18(23)13-5-3-12(4-6-13)17(22)20-15-8-9-15/h2,7,10,12-13,15H,3-6,8-9H2,1H3,(H,20,22)(H,21,23). The second-order valence-electron chi connectivity index (χ2n) is 6.78. The van der Waals surface area contributed by atoms with E-state index in [1.54, 1.807) is 6.07 Å². The molecule has 0 saturated heterocycles. The SMILES string of the molecule is Cc1ccc(Cl)cc1NC(=O)C1CCC(C(=O)NC2CC2)CC1. The van der Waals surface area contributed by atoms with Crippen molar-refractivity contribution in [2.75, 3.05) is 5.32 Å². The van der Waals surface area contributed by atoms with Crippen molar-refractivity contribution in [1.29, 1.82) is 0 Å². The number of benzene rings is 1. The Labute approximate surface area is 142 Å². The molecule has 3 rings (SSSR count). The zero-order chi connectivity index (χ0) is 16.4. The first kappa shape index (κ1) is 16.3. The van der Waals surface area contributed by atoms with Crippen molar-refractivity contribution in [1.82, 2.24) is 5.32 Å². The van der Waals surface area contributed by atoms with E-state index in [0.717, 1.165) is 49.8 Å². The number of halogens is 1. The zero-order valence-corrected chi connectivity index (χ0v) is 14.2. The molecule has 23 heavy (non-hydrogen) atoms. The average molecular weight is 335 g/mol. The minimum Gasteiger partial charge on any atom is -0.353 e. The van der Waals surface area contributed by atoms with Gasteiger partial charge in [-0.3, -0.25) is 9.59 Å². The van der Waals surface area contributed by atoms with E-state index in [2.05, 4.69) is 10.6 Å². The summed E-state index contributed by atoms with van der Waals surface area (Å²) in [6, 6.07) is 5.91. The van der Waals surface area contributed by atoms with E-state index < -0.39 is 0 Å². The van der Waals surface area contributed by atoms with Gasteiger partial charge >= 0.3 is 0 Å². The van der Waals surface area contributed by atoms with E-state index >= 15 is 0 Å². The van der Waals surface area contributed by atoms with Crippen molar-refractivity contribution in [2.24, 2.45) is 11.8 Å². The number of hydrogen-bond donors (Lipinski definition) is 2. The summed E-state index contributed by atoms with van der Waals surface area (Å²) in [5.41, 5.74) is 1.77. The molecule has 4 nitrogen and oxygen atoms in total. The summed E-state index contributed by atoms with van der Waals surface area (Å²) in [4.78, 5) is 24.5. The predicted octanol–water partition coefficient (Wildman–Crippen LogP) is 3.67. The van der Waals surface area contributed by atoms with Crippen LogP contribution in [0.15, 0.2) is 18.2 Å². The fourth-order valence-electron chi connectivity index (χ4n) is 3.13. The van der Waals surface area contributed by atoms with Crippen molar-refractivity contribution in [3.8, 4) is 0 Å². The van der Waals surface area contributed by atoms with Crippen LogP contribution in [0.5, 0.6) is 0 Å². The first-order chi connectivity index (χ1) is 11.0. The summed E-state index contributed by atoms with van der Waals surface area (Å²) in [5, 5.41) is 6.67. The van der Waals surface area contributed by atoms with Crippen molar-refractivity contribution in [3.63, 3.8) is 0 Å². The molecule has 0 radical (unpaired) electrons. The summed E-state index contributed by atoms with van der Waals surface area (Å²) in [6.07, 6.45) is 5.36. The van der Waals surface area contributed by atoms with Gasteiger partial charge < -0.3 is 10.6 Å². The quantitative estimate of drug-likeness (QED) is 0.882. The fraction of sp³-hybridized carbons (Fsp3) is 0.556. The minimum absolute atomic E-state index is 0.0154. The third-order valence-electron chi connectivity index (χ3n) is 4.85. The lowest BCUT2D eigenvalue weighted by Crippen LogP contribution is -2.36. The van der Waals surface area contributed by atoms with E-state index in [4.69, 9.17) is 11.6 Å². The Kier molecular flexibility index (Phi) is 4.90. The predicted molar refractivity (Wildman–Crippen MR) is 91.4 cm³/mol. The largest absolute Gasteiger partial charge is 0.353 e. The van der Waals surface area contributed by atoms with Crippen LogP contribution in [0.3, 0.4) is 0 Å². The van der Waals surface area contributed by atoms with Gasteiger partial charge in [0, 0.05) is 28.6 Å². The number of aryl methyl sites for hydroxylation is 1. The summed E-state index contributed by atoms with van der Waals surface area (Å²) in [5.74, 6) is 0.277. The van der Waals surface area contributed by atoms with E-state index in [9.17, 15) is 9.59 Å². The molecule has 2 amide bonds. The topological polar surface area (TPSA) is 58.2 Å². The maximum Gasteiger partial charge on any atom is 0.227 e. The van der Waals surface area contributed by atoms with E-state index in [0.29, 0.717) is 11.1 Å². The number of carbonyl (C=O) groups excluding carboxylic acids is 2. The number of nitrogens with one attached hydrogen (secondary N) is 2. The summed E-state index contributed by atoms with van der Waals surface area (Å²) >= 11 is 5.99. The average Bonchev–Trinajstić information content (AvgIpc) is 3.35. The van der Waals surface area contributed by atoms with Crippen molar-refractivity contribution >= 4 is 29.1 Å². The van der Waals surface area contributed by atoms with Crippen LogP contribution in [0.4, 0.5) is 5.69 Å². The number of anilines is 1. The van der Waals surface area contributed by atoms with Gasteiger partial charge in [0.1, 0.15) is 0 Å². The van der Waals surface area contributed by atoms with Crippen LogP contribution in [0, 0.1) is 18.8 Å². The maximum atomic E-state index is 12.4. The normalized spacial score (nSPS) is 24.1. The number of hydrogen-bond acceptors (Lipinski definition) is 2. The van der Waals surface area contributed by atoms with Crippen LogP contribution in [0.2, 0.25) is 5.02 Å². The molecular weight excluding hydrogens is 312 g/mol. The van der Waals surface area contributed by atoms with Crippen LogP contribution in [-0.2, 0) is 9.59 Å². The molecule has 2 aliphatic rings. The number of rotatable bonds is 4. The second kappa shape index (κ2) is 6.91. The van der Waals surface area contributed by atoms with Crippen molar-refractivity contribution in [3.05, 3.63) is 28.8 Å². The van der Waals surface area contributed by atoms with Gasteiger partial charge in [0.2, 0.25) is 11.8 Å². The molecule has 2 fully saturated rings. The molecule has 0 unspecified atom stereocenters. The van der Waals surface area contributed by atoms with Gasteiger partial charge in [0.25, 0.3) is 0 Å². The monoisotopic (exact) mass is 334 g/mol. The molecule has 124 valence electrons. The van der Waals surface area contributed by atoms with Crippen LogP contribution >= 0.6 is 11.6 Å². The molecule has 2 saturated carbocycles. The number of carbonyl (C=O) groups is 2. The Morgan fingerprint density at radius 2 is 1.61 bits per heavy atom. The molecule has 2 aliphatic carbocycles. The molecule has 0 bridgehead atoms. The van der Waals surface area contributed by atoms with E-state index in [-0.39, 0.29) is 23.7 Å². The lowest BCUT2D eigenvalue weighted by atomic mass is 9.81. The zero-order valence-electron chi connectivity index (χ0n) is 13.4. The highest BCUT2D eigenvalue weighted by atomic mass is 35.5. The Balaban J connectivity index is 1.51. The van der Waals surface area contributed by atoms with Gasteiger partial charge in [0.05, 0.1) is 0 Å². The van der Waals surface area contributed by atoms with Gasteiger partial charge in [-0.2, -0.15) is 0 Å². The first-order valence-corrected chi connectivity index (χ1v) is 8.78. The molecule has 0 aromatic heterocycles. The molecule has 0 aliphatic heterocycles. The van der Waals surface area contributed by atoms with Gasteiger partial charge in [0.15, 0.2) is 0 Å². The Morgan fingerprint density at radius 3 is 2.22 bits per heavy atom. The van der Waals surface area contributed by atoms with Crippen LogP contribution in [0.1, 0.15) is 44.1 Å². The van der Waals surface area contributed by atoms with Gasteiger partial charge in [-0.15, -0.1) is 0 Å². The van der Waals surface area contributed by atoms with Crippen LogP contribution in [-0.4, -0.2) is 17.9 Å². The van der Waals surface area contributed by atoms with E-state index in [1.165, 1.54) is 0 Å².